The third-order valence-electron chi connectivity index (χ3n) is 3.09. The van der Waals surface area contributed by atoms with E-state index < -0.39 is 0 Å². The molecular formula is C18H20N2O3. The molecule has 0 atom stereocenters. The lowest BCUT2D eigenvalue weighted by Crippen LogP contribution is -2.29. The van der Waals surface area contributed by atoms with E-state index in [1.54, 1.807) is 36.4 Å². The lowest BCUT2D eigenvalue weighted by atomic mass is 10.2. The second kappa shape index (κ2) is 8.58. The zero-order valence-electron chi connectivity index (χ0n) is 13.0. The molecule has 0 saturated heterocycles. The topological polar surface area (TPSA) is 67.4 Å². The molecule has 2 aromatic carbocycles. The second-order valence-electron chi connectivity index (χ2n) is 4.95. The van der Waals surface area contributed by atoms with Gasteiger partial charge in [-0.05, 0) is 30.7 Å². The van der Waals surface area contributed by atoms with Crippen molar-refractivity contribution in [3.8, 4) is 5.75 Å². The average Bonchev–Trinajstić information content (AvgIpc) is 2.59. The van der Waals surface area contributed by atoms with Crippen LogP contribution in [0.2, 0.25) is 0 Å². The number of hydrogen-bond donors (Lipinski definition) is 2. The summed E-state index contributed by atoms with van der Waals surface area (Å²) >= 11 is 0. The SMILES string of the molecule is CCCNC(=O)COc1ccccc1C(=O)Nc1ccccc1. The number of hydrogen-bond acceptors (Lipinski definition) is 3. The molecule has 0 aliphatic carbocycles. The molecule has 0 aliphatic heterocycles. The maximum absolute atomic E-state index is 12.4. The summed E-state index contributed by atoms with van der Waals surface area (Å²) in [7, 11) is 0. The number of amides is 2. The van der Waals surface area contributed by atoms with Gasteiger partial charge in [0, 0.05) is 12.2 Å². The molecule has 0 spiro atoms. The Bertz CT molecular complexity index is 656. The van der Waals surface area contributed by atoms with E-state index >= 15 is 0 Å². The molecule has 120 valence electrons. The summed E-state index contributed by atoms with van der Waals surface area (Å²) in [6, 6.07) is 16.0. The summed E-state index contributed by atoms with van der Waals surface area (Å²) in [6.07, 6.45) is 0.863. The molecule has 2 N–H and O–H groups in total. The number of carbonyl (C=O) groups is 2. The lowest BCUT2D eigenvalue weighted by Gasteiger charge is -2.11. The Balaban J connectivity index is 2.02. The Hall–Kier alpha value is -2.82. The molecule has 5 nitrogen and oxygen atoms in total. The predicted octanol–water partition coefficient (Wildman–Crippen LogP) is 2.84. The molecule has 5 heteroatoms. The number of rotatable bonds is 7. The third kappa shape index (κ3) is 5.14. The maximum Gasteiger partial charge on any atom is 0.259 e. The van der Waals surface area contributed by atoms with Crippen LogP contribution < -0.4 is 15.4 Å². The molecule has 2 aromatic rings. The number of anilines is 1. The highest BCUT2D eigenvalue weighted by Crippen LogP contribution is 2.19. The largest absolute Gasteiger partial charge is 0.483 e. The van der Waals surface area contributed by atoms with Gasteiger partial charge in [0.25, 0.3) is 11.8 Å². The first kappa shape index (κ1) is 16.5. The van der Waals surface area contributed by atoms with E-state index in [2.05, 4.69) is 10.6 Å². The normalized spacial score (nSPS) is 9.96. The van der Waals surface area contributed by atoms with Crippen molar-refractivity contribution in [2.24, 2.45) is 0 Å². The summed E-state index contributed by atoms with van der Waals surface area (Å²) in [4.78, 5) is 24.0. The van der Waals surface area contributed by atoms with E-state index in [0.29, 0.717) is 23.5 Å². The van der Waals surface area contributed by atoms with Crippen molar-refractivity contribution < 1.29 is 14.3 Å². The zero-order valence-corrected chi connectivity index (χ0v) is 13.0. The van der Waals surface area contributed by atoms with Crippen LogP contribution in [0.15, 0.2) is 54.6 Å². The van der Waals surface area contributed by atoms with Crippen LogP contribution in [-0.4, -0.2) is 25.0 Å². The van der Waals surface area contributed by atoms with Crippen LogP contribution in [0.25, 0.3) is 0 Å². The fourth-order valence-corrected chi connectivity index (χ4v) is 1.96. The van der Waals surface area contributed by atoms with Gasteiger partial charge in [-0.15, -0.1) is 0 Å². The highest BCUT2D eigenvalue weighted by molar-refractivity contribution is 6.06. The second-order valence-corrected chi connectivity index (χ2v) is 4.95. The summed E-state index contributed by atoms with van der Waals surface area (Å²) in [6.45, 7) is 2.47. The van der Waals surface area contributed by atoms with E-state index in [0.717, 1.165) is 6.42 Å². The molecule has 0 unspecified atom stereocenters. The first-order chi connectivity index (χ1) is 11.2. The van der Waals surface area contributed by atoms with Crippen molar-refractivity contribution in [3.05, 3.63) is 60.2 Å². The van der Waals surface area contributed by atoms with Crippen molar-refractivity contribution in [3.63, 3.8) is 0 Å². The van der Waals surface area contributed by atoms with Crippen LogP contribution >= 0.6 is 0 Å². The van der Waals surface area contributed by atoms with E-state index in [1.165, 1.54) is 0 Å². The lowest BCUT2D eigenvalue weighted by molar-refractivity contribution is -0.123. The molecular weight excluding hydrogens is 292 g/mol. The number of nitrogens with one attached hydrogen (secondary N) is 2. The highest BCUT2D eigenvalue weighted by Gasteiger charge is 2.13. The fourth-order valence-electron chi connectivity index (χ4n) is 1.96. The Morgan fingerprint density at radius 1 is 1.00 bits per heavy atom. The van der Waals surface area contributed by atoms with Gasteiger partial charge in [-0.2, -0.15) is 0 Å². The van der Waals surface area contributed by atoms with Crippen LogP contribution in [0.5, 0.6) is 5.75 Å². The van der Waals surface area contributed by atoms with Crippen LogP contribution in [0.4, 0.5) is 5.69 Å². The molecule has 0 saturated carbocycles. The maximum atomic E-state index is 12.4. The molecule has 0 bridgehead atoms. The van der Waals surface area contributed by atoms with Crippen molar-refractivity contribution in [2.45, 2.75) is 13.3 Å². The molecule has 2 rings (SSSR count). The van der Waals surface area contributed by atoms with Crippen LogP contribution in [-0.2, 0) is 4.79 Å². The number of ether oxygens (including phenoxy) is 1. The standard InChI is InChI=1S/C18H20N2O3/c1-2-12-19-17(21)13-23-16-11-7-6-10-15(16)18(22)20-14-8-4-3-5-9-14/h3-11H,2,12-13H2,1H3,(H,19,21)(H,20,22). The minimum absolute atomic E-state index is 0.115. The van der Waals surface area contributed by atoms with Gasteiger partial charge in [0.2, 0.25) is 0 Å². The van der Waals surface area contributed by atoms with E-state index in [-0.39, 0.29) is 18.4 Å². The van der Waals surface area contributed by atoms with Crippen molar-refractivity contribution >= 4 is 17.5 Å². The summed E-state index contributed by atoms with van der Waals surface area (Å²) < 4.78 is 5.48. The van der Waals surface area contributed by atoms with Gasteiger partial charge >= 0.3 is 0 Å². The van der Waals surface area contributed by atoms with Crippen LogP contribution in [0, 0.1) is 0 Å². The Morgan fingerprint density at radius 3 is 2.43 bits per heavy atom. The first-order valence-electron chi connectivity index (χ1n) is 7.55. The zero-order chi connectivity index (χ0) is 16.5. The monoisotopic (exact) mass is 312 g/mol. The van der Waals surface area contributed by atoms with Gasteiger partial charge in [-0.25, -0.2) is 0 Å². The van der Waals surface area contributed by atoms with Gasteiger partial charge in [0.05, 0.1) is 5.56 Å². The quantitative estimate of drug-likeness (QED) is 0.826. The number of para-hydroxylation sites is 2. The summed E-state index contributed by atoms with van der Waals surface area (Å²) in [5, 5.41) is 5.53. The minimum atomic E-state index is -0.277. The van der Waals surface area contributed by atoms with Gasteiger partial charge in [-0.1, -0.05) is 37.3 Å². The Labute approximate surface area is 135 Å². The van der Waals surface area contributed by atoms with Gasteiger partial charge in [-0.3, -0.25) is 9.59 Å². The highest BCUT2D eigenvalue weighted by atomic mass is 16.5. The van der Waals surface area contributed by atoms with Crippen molar-refractivity contribution in [2.75, 3.05) is 18.5 Å². The van der Waals surface area contributed by atoms with E-state index in [1.807, 2.05) is 25.1 Å². The molecule has 0 fully saturated rings. The molecule has 0 radical (unpaired) electrons. The molecule has 23 heavy (non-hydrogen) atoms. The molecule has 0 heterocycles. The molecule has 0 aromatic heterocycles. The van der Waals surface area contributed by atoms with Gasteiger partial charge in [0.1, 0.15) is 5.75 Å². The van der Waals surface area contributed by atoms with Crippen LogP contribution in [0.1, 0.15) is 23.7 Å². The fraction of sp³-hybridized carbons (Fsp3) is 0.222. The summed E-state index contributed by atoms with van der Waals surface area (Å²) in [5.74, 6) is -0.0986. The minimum Gasteiger partial charge on any atom is -0.483 e. The Kier molecular flexibility index (Phi) is 6.17. The van der Waals surface area contributed by atoms with Gasteiger partial charge < -0.3 is 15.4 Å². The Morgan fingerprint density at radius 2 is 1.70 bits per heavy atom. The number of carbonyl (C=O) groups excluding carboxylic acids is 2. The molecule has 2 amide bonds. The average molecular weight is 312 g/mol. The molecule has 0 aliphatic rings. The summed E-state index contributed by atoms with van der Waals surface area (Å²) in [5.41, 5.74) is 1.09. The van der Waals surface area contributed by atoms with Crippen molar-refractivity contribution in [1.82, 2.24) is 5.32 Å². The van der Waals surface area contributed by atoms with Gasteiger partial charge in [0.15, 0.2) is 6.61 Å². The first-order valence-corrected chi connectivity index (χ1v) is 7.55. The number of benzene rings is 2. The van der Waals surface area contributed by atoms with E-state index in [9.17, 15) is 9.59 Å². The predicted molar refractivity (Wildman–Crippen MR) is 89.6 cm³/mol. The van der Waals surface area contributed by atoms with E-state index in [4.69, 9.17) is 4.74 Å². The third-order valence-corrected chi connectivity index (χ3v) is 3.09. The van der Waals surface area contributed by atoms with Crippen LogP contribution in [0.3, 0.4) is 0 Å². The van der Waals surface area contributed by atoms with Crippen molar-refractivity contribution in [1.29, 1.82) is 0 Å². The smallest absolute Gasteiger partial charge is 0.259 e.